The number of halogens is 1. The lowest BCUT2D eigenvalue weighted by Crippen LogP contribution is -2.24. The zero-order valence-corrected chi connectivity index (χ0v) is 14.3. The predicted octanol–water partition coefficient (Wildman–Crippen LogP) is 0.427. The van der Waals surface area contributed by atoms with E-state index >= 15 is 0 Å². The molecule has 0 bridgehead atoms. The van der Waals surface area contributed by atoms with Crippen LogP contribution < -0.4 is 20.9 Å². The maximum Gasteiger partial charge on any atom is 0.326 e. The Morgan fingerprint density at radius 2 is 2.07 bits per heavy atom. The molecule has 0 unspecified atom stereocenters. The summed E-state index contributed by atoms with van der Waals surface area (Å²) < 4.78 is 15.2. The number of anilines is 2. The fraction of sp³-hybridized carbons (Fsp3) is 0.438. The smallest absolute Gasteiger partial charge is 0.326 e. The summed E-state index contributed by atoms with van der Waals surface area (Å²) in [7, 11) is 0. The van der Waals surface area contributed by atoms with E-state index in [9.17, 15) is 14.0 Å². The first-order valence-corrected chi connectivity index (χ1v) is 8.82. The van der Waals surface area contributed by atoms with Crippen LogP contribution >= 0.6 is 0 Å². The van der Waals surface area contributed by atoms with Gasteiger partial charge in [0.15, 0.2) is 5.65 Å². The van der Waals surface area contributed by atoms with E-state index in [0.717, 1.165) is 12.8 Å². The van der Waals surface area contributed by atoms with Gasteiger partial charge in [0.05, 0.1) is 12.7 Å². The highest BCUT2D eigenvalue weighted by Gasteiger charge is 2.28. The second kappa shape index (κ2) is 5.89. The van der Waals surface area contributed by atoms with Gasteiger partial charge in [-0.05, 0) is 25.3 Å². The molecule has 3 fully saturated rings. The van der Waals surface area contributed by atoms with Gasteiger partial charge in [0.25, 0.3) is 5.91 Å². The Labute approximate surface area is 152 Å². The molecule has 3 N–H and O–H groups in total. The maximum absolute atomic E-state index is 13.6. The quantitative estimate of drug-likeness (QED) is 0.526. The molecule has 1 atom stereocenters. The molecule has 3 aliphatic rings. The zero-order chi connectivity index (χ0) is 18.5. The number of alkyl halides is 1. The molecule has 10 nitrogen and oxygen atoms in total. The summed E-state index contributed by atoms with van der Waals surface area (Å²) in [4.78, 5) is 34.0. The lowest BCUT2D eigenvalue weighted by atomic mass is 10.2. The van der Waals surface area contributed by atoms with E-state index in [-0.39, 0.29) is 12.2 Å². The Morgan fingerprint density at radius 3 is 2.74 bits per heavy atom. The molecule has 1 saturated carbocycles. The highest BCUT2D eigenvalue weighted by atomic mass is 19.1. The fourth-order valence-electron chi connectivity index (χ4n) is 3.17. The number of hydrogen-bond acceptors (Lipinski definition) is 7. The third-order valence-corrected chi connectivity index (χ3v) is 4.73. The van der Waals surface area contributed by atoms with Gasteiger partial charge in [-0.2, -0.15) is 19.6 Å². The van der Waals surface area contributed by atoms with Gasteiger partial charge < -0.3 is 15.5 Å². The van der Waals surface area contributed by atoms with Crippen LogP contribution in [0.15, 0.2) is 11.9 Å². The zero-order valence-electron chi connectivity index (χ0n) is 14.3. The highest BCUT2D eigenvalue weighted by molar-refractivity contribution is 6.14. The van der Waals surface area contributed by atoms with Crippen LogP contribution in [0, 0.1) is 0 Å². The second-order valence-electron chi connectivity index (χ2n) is 6.90. The average molecular weight is 372 g/mol. The van der Waals surface area contributed by atoms with Crippen molar-refractivity contribution in [1.82, 2.24) is 30.2 Å². The minimum Gasteiger partial charge on any atom is -0.351 e. The largest absolute Gasteiger partial charge is 0.351 e. The lowest BCUT2D eigenvalue weighted by molar-refractivity contribution is -0.115. The van der Waals surface area contributed by atoms with E-state index in [1.165, 1.54) is 6.08 Å². The molecule has 140 valence electrons. The van der Waals surface area contributed by atoms with Crippen LogP contribution in [-0.2, 0) is 4.79 Å². The summed E-state index contributed by atoms with van der Waals surface area (Å²) in [5.41, 5.74) is 1.16. The fourth-order valence-corrected chi connectivity index (χ4v) is 3.17. The van der Waals surface area contributed by atoms with E-state index in [1.54, 1.807) is 15.6 Å². The lowest BCUT2D eigenvalue weighted by Gasteiger charge is -2.17. The van der Waals surface area contributed by atoms with Crippen molar-refractivity contribution in [3.8, 4) is 0 Å². The van der Waals surface area contributed by atoms with Gasteiger partial charge >= 0.3 is 6.03 Å². The number of carbonyl (C=O) groups excluding carboxylic acids is 2. The minimum absolute atomic E-state index is 0.122. The van der Waals surface area contributed by atoms with Crippen LogP contribution in [0.3, 0.4) is 0 Å². The van der Waals surface area contributed by atoms with Crippen LogP contribution in [0.5, 0.6) is 0 Å². The summed E-state index contributed by atoms with van der Waals surface area (Å²) in [5, 5.41) is 12.2. The average Bonchev–Trinajstić information content (AvgIpc) is 3.04. The van der Waals surface area contributed by atoms with Crippen molar-refractivity contribution in [2.45, 2.75) is 31.5 Å². The number of hydrogen-bond donors (Lipinski definition) is 3. The van der Waals surface area contributed by atoms with Crippen molar-refractivity contribution < 1.29 is 14.0 Å². The summed E-state index contributed by atoms with van der Waals surface area (Å²) >= 11 is 0. The standard InChI is InChI=1S/C16H17FN8O2/c17-9-3-4-24(7-9)14-21-12-8(5-11-13(26)22-16(27)20-11)6-18-25(12)15(23-14)19-10-1-2-10/h5-6,9-10H,1-4,7H2,(H,19,21,23)(H2,20,22,26,27)/b11-5-/t9-/m1/s1. The third-order valence-electron chi connectivity index (χ3n) is 4.73. The van der Waals surface area contributed by atoms with Crippen molar-refractivity contribution in [2.24, 2.45) is 0 Å². The molecule has 2 aromatic heterocycles. The van der Waals surface area contributed by atoms with Gasteiger partial charge in [-0.1, -0.05) is 0 Å². The number of rotatable bonds is 4. The monoisotopic (exact) mass is 372 g/mol. The molecule has 27 heavy (non-hydrogen) atoms. The van der Waals surface area contributed by atoms with Crippen LogP contribution in [0.25, 0.3) is 11.7 Å². The van der Waals surface area contributed by atoms with Gasteiger partial charge in [0, 0.05) is 18.2 Å². The van der Waals surface area contributed by atoms with E-state index in [0.29, 0.717) is 42.1 Å². The molecule has 5 rings (SSSR count). The number of carbonyl (C=O) groups is 2. The molecular formula is C16H17FN8O2. The SMILES string of the molecule is O=C1NC(=O)/C(=C/c2cnn3c(NC4CC4)nc(N4CC[C@@H](F)C4)nc23)N1. The molecule has 0 radical (unpaired) electrons. The van der Waals surface area contributed by atoms with E-state index in [1.807, 2.05) is 0 Å². The first-order valence-electron chi connectivity index (χ1n) is 8.82. The highest BCUT2D eigenvalue weighted by Crippen LogP contribution is 2.27. The second-order valence-corrected chi connectivity index (χ2v) is 6.90. The topological polar surface area (TPSA) is 117 Å². The molecule has 2 aliphatic heterocycles. The molecule has 4 heterocycles. The normalized spacial score (nSPS) is 24.0. The first kappa shape index (κ1) is 16.0. The number of amides is 3. The van der Waals surface area contributed by atoms with Crippen LogP contribution in [-0.4, -0.2) is 56.8 Å². The maximum atomic E-state index is 13.6. The summed E-state index contributed by atoms with van der Waals surface area (Å²) in [6.07, 6.45) is 4.74. The van der Waals surface area contributed by atoms with Crippen molar-refractivity contribution in [1.29, 1.82) is 0 Å². The number of imide groups is 1. The first-order chi connectivity index (χ1) is 13.1. The Balaban J connectivity index is 1.59. The molecule has 0 aromatic carbocycles. The number of nitrogens with zero attached hydrogens (tertiary/aromatic N) is 5. The molecule has 0 spiro atoms. The van der Waals surface area contributed by atoms with Gasteiger partial charge in [-0.15, -0.1) is 0 Å². The van der Waals surface area contributed by atoms with Crippen molar-refractivity contribution in [2.75, 3.05) is 23.3 Å². The van der Waals surface area contributed by atoms with Crippen molar-refractivity contribution in [3.63, 3.8) is 0 Å². The van der Waals surface area contributed by atoms with E-state index in [4.69, 9.17) is 0 Å². The Kier molecular flexibility index (Phi) is 3.49. The minimum atomic E-state index is -0.895. The Bertz CT molecular complexity index is 982. The van der Waals surface area contributed by atoms with Crippen molar-refractivity contribution in [3.05, 3.63) is 17.5 Å². The van der Waals surface area contributed by atoms with Gasteiger partial charge in [-0.3, -0.25) is 10.1 Å². The summed E-state index contributed by atoms with van der Waals surface area (Å²) in [6.45, 7) is 0.797. The molecule has 2 saturated heterocycles. The molecular weight excluding hydrogens is 355 g/mol. The number of aromatic nitrogens is 4. The number of nitrogens with one attached hydrogen (secondary N) is 3. The van der Waals surface area contributed by atoms with Crippen LogP contribution in [0.2, 0.25) is 0 Å². The molecule has 11 heteroatoms. The van der Waals surface area contributed by atoms with Crippen molar-refractivity contribution >= 4 is 35.6 Å². The van der Waals surface area contributed by atoms with E-state index in [2.05, 4.69) is 31.0 Å². The number of urea groups is 1. The number of fused-ring (bicyclic) bond motifs is 1. The summed E-state index contributed by atoms with van der Waals surface area (Å²) in [6, 6.07) is -0.227. The third kappa shape index (κ3) is 2.94. The van der Waals surface area contributed by atoms with E-state index < -0.39 is 18.1 Å². The summed E-state index contributed by atoms with van der Waals surface area (Å²) in [5.74, 6) is 0.444. The molecule has 3 amide bonds. The predicted molar refractivity (Wildman–Crippen MR) is 93.8 cm³/mol. The Hall–Kier alpha value is -3.24. The van der Waals surface area contributed by atoms with Gasteiger partial charge in [0.1, 0.15) is 11.9 Å². The van der Waals surface area contributed by atoms with Gasteiger partial charge in [0.2, 0.25) is 11.9 Å². The van der Waals surface area contributed by atoms with Gasteiger partial charge in [-0.25, -0.2) is 9.18 Å². The Morgan fingerprint density at radius 1 is 1.22 bits per heavy atom. The van der Waals surface area contributed by atoms with Crippen LogP contribution in [0.1, 0.15) is 24.8 Å². The molecule has 2 aromatic rings. The molecule has 1 aliphatic carbocycles. The van der Waals surface area contributed by atoms with Crippen LogP contribution in [0.4, 0.5) is 21.1 Å².